The lowest BCUT2D eigenvalue weighted by atomic mass is 9.69. The summed E-state index contributed by atoms with van der Waals surface area (Å²) in [7, 11) is 0. The van der Waals surface area contributed by atoms with Gasteiger partial charge in [-0.3, -0.25) is 9.59 Å². The molecule has 2 aliphatic carbocycles. The van der Waals surface area contributed by atoms with E-state index < -0.39 is 11.6 Å². The van der Waals surface area contributed by atoms with Crippen LogP contribution in [0.25, 0.3) is 0 Å². The second kappa shape index (κ2) is 5.27. The number of likely N-dealkylation sites (tertiary alicyclic amines) is 1. The Labute approximate surface area is 125 Å². The predicted octanol–water partition coefficient (Wildman–Crippen LogP) is 1.78. The summed E-state index contributed by atoms with van der Waals surface area (Å²) in [6, 6.07) is 0. The van der Waals surface area contributed by atoms with E-state index in [0.717, 1.165) is 44.9 Å². The topological polar surface area (TPSA) is 77.8 Å². The maximum absolute atomic E-state index is 12.4. The highest BCUT2D eigenvalue weighted by Crippen LogP contribution is 2.46. The molecule has 3 aliphatic rings. The van der Waals surface area contributed by atoms with Gasteiger partial charge in [0.1, 0.15) is 5.60 Å². The van der Waals surface area contributed by atoms with Crippen molar-refractivity contribution in [3.05, 3.63) is 0 Å². The second-order valence-electron chi connectivity index (χ2n) is 7.44. The van der Waals surface area contributed by atoms with Crippen LogP contribution in [0.2, 0.25) is 0 Å². The van der Waals surface area contributed by atoms with Gasteiger partial charge in [-0.25, -0.2) is 0 Å². The fourth-order valence-electron chi connectivity index (χ4n) is 4.14. The van der Waals surface area contributed by atoms with E-state index in [-0.39, 0.29) is 17.7 Å². The lowest BCUT2D eigenvalue weighted by Gasteiger charge is -2.48. The van der Waals surface area contributed by atoms with Crippen LogP contribution >= 0.6 is 0 Å². The number of β-amino-alcohol motifs (C(OH)–C–C–N with tert-alkyl or cyclic N) is 1. The third-order valence-corrected chi connectivity index (χ3v) is 5.59. The molecule has 3 rings (SSSR count). The van der Waals surface area contributed by atoms with Crippen molar-refractivity contribution in [1.29, 1.82) is 0 Å². The molecule has 0 aromatic heterocycles. The average Bonchev–Trinajstić information content (AvgIpc) is 3.19. The number of aliphatic carboxylic acids is 1. The van der Waals surface area contributed by atoms with Crippen molar-refractivity contribution < 1.29 is 19.8 Å². The minimum Gasteiger partial charge on any atom is -0.481 e. The fourth-order valence-corrected chi connectivity index (χ4v) is 4.14. The number of amides is 1. The Bertz CT molecular complexity index is 432. The Balaban J connectivity index is 1.58. The summed E-state index contributed by atoms with van der Waals surface area (Å²) in [5.74, 6) is -0.393. The van der Waals surface area contributed by atoms with Crippen molar-refractivity contribution in [3.8, 4) is 0 Å². The fraction of sp³-hybridized carbons (Fsp3) is 0.875. The first-order valence-corrected chi connectivity index (χ1v) is 8.15. The molecule has 5 nitrogen and oxygen atoms in total. The van der Waals surface area contributed by atoms with Gasteiger partial charge >= 0.3 is 5.97 Å². The Morgan fingerprint density at radius 3 is 2.19 bits per heavy atom. The molecule has 1 heterocycles. The number of carboxylic acids is 1. The molecule has 1 amide bonds. The van der Waals surface area contributed by atoms with E-state index in [1.54, 1.807) is 4.90 Å². The van der Waals surface area contributed by atoms with E-state index in [4.69, 9.17) is 5.11 Å². The lowest BCUT2D eigenvalue weighted by Crippen LogP contribution is -2.65. The van der Waals surface area contributed by atoms with Gasteiger partial charge in [-0.15, -0.1) is 0 Å². The molecule has 0 aromatic rings. The first-order chi connectivity index (χ1) is 9.92. The summed E-state index contributed by atoms with van der Waals surface area (Å²) in [5.41, 5.74) is -1.00. The molecule has 3 fully saturated rings. The Kier molecular flexibility index (Phi) is 3.72. The molecule has 118 valence electrons. The van der Waals surface area contributed by atoms with Crippen molar-refractivity contribution in [2.24, 2.45) is 11.3 Å². The Morgan fingerprint density at radius 2 is 1.67 bits per heavy atom. The highest BCUT2D eigenvalue weighted by atomic mass is 16.4. The normalized spacial score (nSPS) is 27.0. The van der Waals surface area contributed by atoms with Crippen LogP contribution in [-0.2, 0) is 9.59 Å². The number of carbonyl (C=O) groups is 2. The van der Waals surface area contributed by atoms with Gasteiger partial charge in [0.15, 0.2) is 0 Å². The molecule has 0 unspecified atom stereocenters. The molecule has 0 radical (unpaired) electrons. The Morgan fingerprint density at radius 1 is 1.05 bits per heavy atom. The number of aliphatic hydroxyl groups is 1. The lowest BCUT2D eigenvalue weighted by molar-refractivity contribution is -0.163. The highest BCUT2D eigenvalue weighted by molar-refractivity contribution is 5.79. The van der Waals surface area contributed by atoms with Gasteiger partial charge in [0.25, 0.3) is 0 Å². The van der Waals surface area contributed by atoms with Gasteiger partial charge in [-0.05, 0) is 37.0 Å². The number of carbonyl (C=O) groups excluding carboxylic acids is 1. The molecule has 0 bridgehead atoms. The van der Waals surface area contributed by atoms with Gasteiger partial charge in [0.05, 0.1) is 19.5 Å². The summed E-state index contributed by atoms with van der Waals surface area (Å²) in [6.07, 6.45) is 7.43. The largest absolute Gasteiger partial charge is 0.481 e. The zero-order chi connectivity index (χ0) is 15.1. The summed E-state index contributed by atoms with van der Waals surface area (Å²) >= 11 is 0. The smallest absolute Gasteiger partial charge is 0.303 e. The van der Waals surface area contributed by atoms with Crippen LogP contribution in [-0.4, -0.2) is 45.7 Å². The minimum atomic E-state index is -0.803. The van der Waals surface area contributed by atoms with Crippen LogP contribution in [0.3, 0.4) is 0 Å². The van der Waals surface area contributed by atoms with Gasteiger partial charge < -0.3 is 15.1 Å². The van der Waals surface area contributed by atoms with Gasteiger partial charge in [-0.2, -0.15) is 0 Å². The summed E-state index contributed by atoms with van der Waals surface area (Å²) in [6.45, 7) is 0.888. The van der Waals surface area contributed by atoms with Crippen LogP contribution in [0.1, 0.15) is 57.8 Å². The third kappa shape index (κ3) is 3.07. The molecule has 2 saturated carbocycles. The first kappa shape index (κ1) is 14.8. The first-order valence-electron chi connectivity index (χ1n) is 8.15. The average molecular weight is 295 g/mol. The molecule has 1 aliphatic heterocycles. The highest BCUT2D eigenvalue weighted by Gasteiger charge is 2.53. The molecule has 0 spiro atoms. The SMILES string of the molecule is O=C(O)CC1(CC(=O)N2CC(O)(C3CC3)C2)CCCCC1. The Hall–Kier alpha value is -1.10. The van der Waals surface area contributed by atoms with E-state index in [1.807, 2.05) is 0 Å². The van der Waals surface area contributed by atoms with Crippen molar-refractivity contribution in [3.63, 3.8) is 0 Å². The predicted molar refractivity (Wildman–Crippen MR) is 76.6 cm³/mol. The second-order valence-corrected chi connectivity index (χ2v) is 7.44. The van der Waals surface area contributed by atoms with Crippen LogP contribution in [0.15, 0.2) is 0 Å². The van der Waals surface area contributed by atoms with Gasteiger partial charge in [-0.1, -0.05) is 19.3 Å². The maximum atomic E-state index is 12.4. The number of nitrogens with zero attached hydrogens (tertiary/aromatic N) is 1. The van der Waals surface area contributed by atoms with Crippen molar-refractivity contribution >= 4 is 11.9 Å². The van der Waals surface area contributed by atoms with Crippen LogP contribution in [0.5, 0.6) is 0 Å². The van der Waals surface area contributed by atoms with Crippen LogP contribution in [0.4, 0.5) is 0 Å². The van der Waals surface area contributed by atoms with E-state index in [0.29, 0.717) is 25.4 Å². The molecular weight excluding hydrogens is 270 g/mol. The molecule has 21 heavy (non-hydrogen) atoms. The van der Waals surface area contributed by atoms with E-state index >= 15 is 0 Å². The third-order valence-electron chi connectivity index (χ3n) is 5.59. The summed E-state index contributed by atoms with van der Waals surface area (Å²) < 4.78 is 0. The molecule has 2 N–H and O–H groups in total. The molecule has 0 aromatic carbocycles. The van der Waals surface area contributed by atoms with Gasteiger partial charge in [0, 0.05) is 6.42 Å². The summed E-state index contributed by atoms with van der Waals surface area (Å²) in [5, 5.41) is 19.4. The maximum Gasteiger partial charge on any atom is 0.303 e. The van der Waals surface area contributed by atoms with E-state index in [1.165, 1.54) is 0 Å². The van der Waals surface area contributed by atoms with Crippen molar-refractivity contribution in [2.45, 2.75) is 63.4 Å². The minimum absolute atomic E-state index is 0.0310. The van der Waals surface area contributed by atoms with Crippen molar-refractivity contribution in [1.82, 2.24) is 4.90 Å². The quantitative estimate of drug-likeness (QED) is 0.810. The van der Waals surface area contributed by atoms with Gasteiger partial charge in [0.2, 0.25) is 5.91 Å². The van der Waals surface area contributed by atoms with E-state index in [9.17, 15) is 14.7 Å². The molecular formula is C16H25NO4. The zero-order valence-corrected chi connectivity index (χ0v) is 12.5. The zero-order valence-electron chi connectivity index (χ0n) is 12.5. The van der Waals surface area contributed by atoms with E-state index in [2.05, 4.69) is 0 Å². The number of rotatable bonds is 5. The number of carboxylic acid groups (broad SMARTS) is 1. The number of hydrogen-bond acceptors (Lipinski definition) is 3. The molecule has 0 atom stereocenters. The summed E-state index contributed by atoms with van der Waals surface area (Å²) in [4.78, 5) is 25.3. The monoisotopic (exact) mass is 295 g/mol. The number of hydrogen-bond donors (Lipinski definition) is 2. The van der Waals surface area contributed by atoms with Crippen LogP contribution < -0.4 is 0 Å². The van der Waals surface area contributed by atoms with Crippen molar-refractivity contribution in [2.75, 3.05) is 13.1 Å². The molecule has 1 saturated heterocycles. The molecule has 5 heteroatoms. The van der Waals surface area contributed by atoms with Crippen LogP contribution in [0, 0.1) is 11.3 Å². The standard InChI is InChI=1S/C16H25NO4/c18-13(17-10-16(21,11-17)12-4-5-12)8-15(9-14(19)20)6-2-1-3-7-15/h12,21H,1-11H2,(H,19,20).